The molecule has 80 valence electrons. The first-order chi connectivity index (χ1) is 7.06. The first-order valence-corrected chi connectivity index (χ1v) is 5.05. The Kier molecular flexibility index (Phi) is 2.14. The van der Waals surface area contributed by atoms with Gasteiger partial charge >= 0.3 is 0 Å². The molecule has 0 atom stereocenters. The van der Waals surface area contributed by atoms with Crippen LogP contribution in [0.4, 0.5) is 11.6 Å². The van der Waals surface area contributed by atoms with E-state index in [0.717, 1.165) is 28.8 Å². The van der Waals surface area contributed by atoms with Gasteiger partial charge in [-0.1, -0.05) is 0 Å². The molecule has 2 rings (SSSR count). The van der Waals surface area contributed by atoms with Crippen LogP contribution in [-0.2, 0) is 0 Å². The van der Waals surface area contributed by atoms with Crippen LogP contribution in [0.25, 0.3) is 0 Å². The van der Waals surface area contributed by atoms with Crippen LogP contribution in [0.2, 0.25) is 0 Å². The molecule has 1 aromatic heterocycles. The molecule has 0 fully saturated rings. The highest BCUT2D eigenvalue weighted by Crippen LogP contribution is 2.36. The van der Waals surface area contributed by atoms with Gasteiger partial charge in [0.1, 0.15) is 5.82 Å². The number of aryl methyl sites for hydroxylation is 2. The van der Waals surface area contributed by atoms with Crippen molar-refractivity contribution in [2.45, 2.75) is 20.8 Å². The van der Waals surface area contributed by atoms with Crippen LogP contribution in [-0.4, -0.2) is 24.1 Å². The van der Waals surface area contributed by atoms with Crippen LogP contribution < -0.4 is 9.80 Å². The van der Waals surface area contributed by atoms with Gasteiger partial charge in [-0.2, -0.15) is 0 Å². The number of allylic oxidation sites excluding steroid dienone is 1. The minimum Gasteiger partial charge on any atom is -0.313 e. The van der Waals surface area contributed by atoms with Crippen LogP contribution in [0.1, 0.15) is 18.3 Å². The molecule has 0 saturated heterocycles. The molecular weight excluding hydrogens is 188 g/mol. The smallest absolute Gasteiger partial charge is 0.178 e. The number of hydrogen-bond acceptors (Lipinski definition) is 4. The van der Waals surface area contributed by atoms with E-state index in [4.69, 9.17) is 0 Å². The Hall–Kier alpha value is -1.58. The second kappa shape index (κ2) is 3.22. The Morgan fingerprint density at radius 1 is 0.933 bits per heavy atom. The number of nitrogens with zero attached hydrogens (tertiary/aromatic N) is 4. The predicted molar refractivity (Wildman–Crippen MR) is 62.1 cm³/mol. The highest BCUT2D eigenvalue weighted by Gasteiger charge is 2.28. The fourth-order valence-electron chi connectivity index (χ4n) is 1.86. The van der Waals surface area contributed by atoms with E-state index in [1.54, 1.807) is 0 Å². The number of anilines is 2. The van der Waals surface area contributed by atoms with Gasteiger partial charge in [0, 0.05) is 14.1 Å². The summed E-state index contributed by atoms with van der Waals surface area (Å²) in [6, 6.07) is 0. The van der Waals surface area contributed by atoms with Crippen LogP contribution in [0.15, 0.2) is 11.9 Å². The number of aromatic nitrogens is 2. The lowest BCUT2D eigenvalue weighted by Crippen LogP contribution is -2.21. The molecule has 0 saturated carbocycles. The Morgan fingerprint density at radius 2 is 1.33 bits per heavy atom. The van der Waals surface area contributed by atoms with Gasteiger partial charge in [-0.05, 0) is 26.8 Å². The zero-order valence-corrected chi connectivity index (χ0v) is 9.87. The second-order valence-electron chi connectivity index (χ2n) is 3.81. The van der Waals surface area contributed by atoms with Gasteiger partial charge in [0.05, 0.1) is 11.4 Å². The lowest BCUT2D eigenvalue weighted by molar-refractivity contribution is 1.02. The van der Waals surface area contributed by atoms with Gasteiger partial charge in [0.25, 0.3) is 0 Å². The van der Waals surface area contributed by atoms with E-state index in [0.29, 0.717) is 0 Å². The molecule has 0 spiro atoms. The average Bonchev–Trinajstić information content (AvgIpc) is 2.42. The summed E-state index contributed by atoms with van der Waals surface area (Å²) in [4.78, 5) is 13.3. The minimum atomic E-state index is 0.939. The van der Waals surface area contributed by atoms with Crippen molar-refractivity contribution < 1.29 is 0 Å². The Bertz CT molecular complexity index is 399. The summed E-state index contributed by atoms with van der Waals surface area (Å²) in [5, 5.41) is 0. The molecule has 0 unspecified atom stereocenters. The van der Waals surface area contributed by atoms with E-state index in [1.165, 1.54) is 0 Å². The lowest BCUT2D eigenvalue weighted by atomic mass is 10.3. The molecule has 0 aromatic carbocycles. The average molecular weight is 204 g/mol. The van der Waals surface area contributed by atoms with E-state index in [1.807, 2.05) is 34.9 Å². The molecular formula is C11H16N4. The maximum Gasteiger partial charge on any atom is 0.178 e. The SMILES string of the molecule is CC=C1N(C)c2nc(C)c(C)nc2N1C. The van der Waals surface area contributed by atoms with Gasteiger partial charge in [-0.3, -0.25) is 0 Å². The van der Waals surface area contributed by atoms with E-state index in [2.05, 4.69) is 25.8 Å². The van der Waals surface area contributed by atoms with Crippen LogP contribution >= 0.6 is 0 Å². The molecule has 0 aliphatic carbocycles. The van der Waals surface area contributed by atoms with Crippen molar-refractivity contribution in [3.8, 4) is 0 Å². The lowest BCUT2D eigenvalue weighted by Gasteiger charge is -2.16. The number of hydrogen-bond donors (Lipinski definition) is 0. The Balaban J connectivity index is 2.63. The van der Waals surface area contributed by atoms with Crippen molar-refractivity contribution >= 4 is 11.6 Å². The predicted octanol–water partition coefficient (Wildman–Crippen LogP) is 1.84. The number of rotatable bonds is 0. The minimum absolute atomic E-state index is 0.939. The number of fused-ring (bicyclic) bond motifs is 1. The molecule has 0 radical (unpaired) electrons. The highest BCUT2D eigenvalue weighted by molar-refractivity contribution is 5.75. The quantitative estimate of drug-likeness (QED) is 0.645. The van der Waals surface area contributed by atoms with E-state index < -0.39 is 0 Å². The Labute approximate surface area is 90.2 Å². The van der Waals surface area contributed by atoms with Gasteiger partial charge in [-0.15, -0.1) is 0 Å². The van der Waals surface area contributed by atoms with E-state index in [9.17, 15) is 0 Å². The second-order valence-corrected chi connectivity index (χ2v) is 3.81. The van der Waals surface area contributed by atoms with E-state index in [-0.39, 0.29) is 0 Å². The topological polar surface area (TPSA) is 32.3 Å². The van der Waals surface area contributed by atoms with Gasteiger partial charge < -0.3 is 9.80 Å². The fourth-order valence-corrected chi connectivity index (χ4v) is 1.86. The van der Waals surface area contributed by atoms with Crippen molar-refractivity contribution in [3.63, 3.8) is 0 Å². The third-order valence-electron chi connectivity index (χ3n) is 2.85. The Morgan fingerprint density at radius 3 is 1.67 bits per heavy atom. The van der Waals surface area contributed by atoms with Crippen molar-refractivity contribution in [2.24, 2.45) is 0 Å². The summed E-state index contributed by atoms with van der Waals surface area (Å²) < 4.78 is 0. The molecule has 4 nitrogen and oxygen atoms in total. The fraction of sp³-hybridized carbons (Fsp3) is 0.455. The third kappa shape index (κ3) is 1.28. The molecule has 1 aliphatic heterocycles. The van der Waals surface area contributed by atoms with E-state index >= 15 is 0 Å². The molecule has 0 bridgehead atoms. The summed E-state index contributed by atoms with van der Waals surface area (Å²) in [6.45, 7) is 6.00. The third-order valence-corrected chi connectivity index (χ3v) is 2.85. The summed E-state index contributed by atoms with van der Waals surface area (Å²) in [5.74, 6) is 3.00. The molecule has 0 amide bonds. The van der Waals surface area contributed by atoms with Crippen molar-refractivity contribution in [1.29, 1.82) is 0 Å². The summed E-state index contributed by atoms with van der Waals surface area (Å²) >= 11 is 0. The summed E-state index contributed by atoms with van der Waals surface area (Å²) in [6.07, 6.45) is 2.06. The maximum absolute atomic E-state index is 4.56. The molecule has 4 heteroatoms. The zero-order chi connectivity index (χ0) is 11.2. The summed E-state index contributed by atoms with van der Waals surface area (Å²) in [5.41, 5.74) is 1.98. The van der Waals surface area contributed by atoms with Crippen LogP contribution in [0.5, 0.6) is 0 Å². The van der Waals surface area contributed by atoms with Crippen molar-refractivity contribution in [1.82, 2.24) is 9.97 Å². The standard InChI is InChI=1S/C11H16N4/c1-6-9-14(4)10-11(15(9)5)13-8(3)7(2)12-10/h6H,1-5H3. The normalized spacial score (nSPS) is 14.6. The molecule has 1 aromatic rings. The van der Waals surface area contributed by atoms with Crippen LogP contribution in [0.3, 0.4) is 0 Å². The zero-order valence-electron chi connectivity index (χ0n) is 9.87. The van der Waals surface area contributed by atoms with Crippen LogP contribution in [0, 0.1) is 13.8 Å². The maximum atomic E-state index is 4.56. The molecule has 2 heterocycles. The van der Waals surface area contributed by atoms with Gasteiger partial charge in [0.2, 0.25) is 0 Å². The largest absolute Gasteiger partial charge is 0.313 e. The molecule has 15 heavy (non-hydrogen) atoms. The first-order valence-electron chi connectivity index (χ1n) is 5.05. The van der Waals surface area contributed by atoms with Gasteiger partial charge in [0.15, 0.2) is 11.6 Å². The van der Waals surface area contributed by atoms with Crippen molar-refractivity contribution in [3.05, 3.63) is 23.3 Å². The first kappa shape index (κ1) is 9.96. The molecule has 0 N–H and O–H groups in total. The molecule has 1 aliphatic rings. The summed E-state index contributed by atoms with van der Waals surface area (Å²) in [7, 11) is 4.03. The van der Waals surface area contributed by atoms with Gasteiger partial charge in [-0.25, -0.2) is 9.97 Å². The highest BCUT2D eigenvalue weighted by atomic mass is 15.4. The monoisotopic (exact) mass is 204 g/mol. The van der Waals surface area contributed by atoms with Crippen molar-refractivity contribution in [2.75, 3.05) is 23.9 Å².